The van der Waals surface area contributed by atoms with E-state index in [1.807, 2.05) is 0 Å². The van der Waals surface area contributed by atoms with Gasteiger partial charge in [-0.15, -0.1) is 0 Å². The van der Waals surface area contributed by atoms with Crippen LogP contribution in [-0.2, 0) is 6.18 Å². The van der Waals surface area contributed by atoms with E-state index < -0.39 is 11.7 Å². The summed E-state index contributed by atoms with van der Waals surface area (Å²) in [6.45, 7) is 0.0133. The average Bonchev–Trinajstić information content (AvgIpc) is 2.16. The molecule has 1 aromatic rings. The molecule has 0 saturated carbocycles. The lowest BCUT2D eigenvalue weighted by Gasteiger charge is -2.20. The highest BCUT2D eigenvalue weighted by molar-refractivity contribution is 5.64. The predicted octanol–water partition coefficient (Wildman–Crippen LogP) is 1.11. The Labute approximate surface area is 90.5 Å². The van der Waals surface area contributed by atoms with Crippen LogP contribution in [0.2, 0.25) is 0 Å². The molecule has 4 nitrogen and oxygen atoms in total. The van der Waals surface area contributed by atoms with Crippen molar-refractivity contribution in [2.45, 2.75) is 6.18 Å². The highest BCUT2D eigenvalue weighted by Gasteiger charge is 2.31. The van der Waals surface area contributed by atoms with Gasteiger partial charge in [0, 0.05) is 19.8 Å². The van der Waals surface area contributed by atoms with Gasteiger partial charge in [-0.2, -0.15) is 13.2 Å². The van der Waals surface area contributed by atoms with E-state index in [-0.39, 0.29) is 24.7 Å². The molecule has 1 aromatic heterocycles. The number of hydrogen-bond acceptors (Lipinski definition) is 4. The van der Waals surface area contributed by atoms with Crippen molar-refractivity contribution in [1.29, 1.82) is 0 Å². The van der Waals surface area contributed by atoms with E-state index in [9.17, 15) is 13.2 Å². The van der Waals surface area contributed by atoms with E-state index in [2.05, 4.69) is 4.98 Å². The second-order valence-electron chi connectivity index (χ2n) is 3.27. The van der Waals surface area contributed by atoms with E-state index in [0.29, 0.717) is 6.20 Å². The molecule has 1 rings (SSSR count). The summed E-state index contributed by atoms with van der Waals surface area (Å²) < 4.78 is 37.2. The van der Waals surface area contributed by atoms with Gasteiger partial charge >= 0.3 is 6.18 Å². The fourth-order valence-corrected chi connectivity index (χ4v) is 1.19. The molecule has 1 heterocycles. The number of anilines is 2. The van der Waals surface area contributed by atoms with Crippen molar-refractivity contribution in [2.75, 3.05) is 30.8 Å². The molecule has 0 aliphatic heterocycles. The van der Waals surface area contributed by atoms with Crippen molar-refractivity contribution >= 4 is 11.5 Å². The van der Waals surface area contributed by atoms with Crippen LogP contribution in [0, 0.1) is 0 Å². The second-order valence-corrected chi connectivity index (χ2v) is 3.27. The molecule has 0 aliphatic carbocycles. The summed E-state index contributed by atoms with van der Waals surface area (Å²) in [4.78, 5) is 4.90. The van der Waals surface area contributed by atoms with Gasteiger partial charge in [-0.1, -0.05) is 0 Å². The van der Waals surface area contributed by atoms with Crippen LogP contribution in [-0.4, -0.2) is 30.3 Å². The number of aromatic nitrogens is 1. The van der Waals surface area contributed by atoms with Crippen LogP contribution in [0.1, 0.15) is 5.56 Å². The maximum absolute atomic E-state index is 12.4. The number of nitrogens with zero attached hydrogens (tertiary/aromatic N) is 2. The van der Waals surface area contributed by atoms with Gasteiger partial charge < -0.3 is 15.7 Å². The Morgan fingerprint density at radius 1 is 1.50 bits per heavy atom. The van der Waals surface area contributed by atoms with Crippen LogP contribution in [0.4, 0.5) is 24.7 Å². The molecule has 0 atom stereocenters. The number of nitrogen functional groups attached to an aromatic ring is 1. The van der Waals surface area contributed by atoms with E-state index in [1.165, 1.54) is 11.9 Å². The van der Waals surface area contributed by atoms with Gasteiger partial charge in [-0.3, -0.25) is 0 Å². The van der Waals surface area contributed by atoms with Crippen molar-refractivity contribution in [2.24, 2.45) is 0 Å². The molecule has 0 saturated heterocycles. The summed E-state index contributed by atoms with van der Waals surface area (Å²) in [6, 6.07) is 0.915. The number of aliphatic hydroxyl groups excluding tert-OH is 1. The van der Waals surface area contributed by atoms with Crippen molar-refractivity contribution in [1.82, 2.24) is 4.98 Å². The summed E-state index contributed by atoms with van der Waals surface area (Å²) >= 11 is 0. The van der Waals surface area contributed by atoms with E-state index in [0.717, 1.165) is 6.07 Å². The molecular weight excluding hydrogens is 223 g/mol. The zero-order valence-electron chi connectivity index (χ0n) is 8.62. The van der Waals surface area contributed by atoms with E-state index >= 15 is 0 Å². The number of rotatable bonds is 3. The smallest absolute Gasteiger partial charge is 0.395 e. The van der Waals surface area contributed by atoms with Gasteiger partial charge in [0.2, 0.25) is 0 Å². The molecule has 0 spiro atoms. The molecule has 0 bridgehead atoms. The Bertz CT molecular complexity index is 368. The number of nitrogens with two attached hydrogens (primary N) is 1. The number of aliphatic hydroxyl groups is 1. The van der Waals surface area contributed by atoms with Crippen LogP contribution in [0.3, 0.4) is 0 Å². The lowest BCUT2D eigenvalue weighted by molar-refractivity contribution is -0.137. The van der Waals surface area contributed by atoms with E-state index in [4.69, 9.17) is 10.8 Å². The fraction of sp³-hybridized carbons (Fsp3) is 0.444. The van der Waals surface area contributed by atoms with Crippen LogP contribution in [0.5, 0.6) is 0 Å². The summed E-state index contributed by atoms with van der Waals surface area (Å²) in [5.74, 6) is 0.00366. The third kappa shape index (κ3) is 2.75. The van der Waals surface area contributed by atoms with Gasteiger partial charge in [0.05, 0.1) is 17.9 Å². The molecule has 0 aromatic carbocycles. The molecule has 0 amide bonds. The second kappa shape index (κ2) is 4.56. The first-order chi connectivity index (χ1) is 7.36. The van der Waals surface area contributed by atoms with Crippen LogP contribution in [0.25, 0.3) is 0 Å². The van der Waals surface area contributed by atoms with E-state index in [1.54, 1.807) is 0 Å². The Morgan fingerprint density at radius 3 is 2.62 bits per heavy atom. The monoisotopic (exact) mass is 235 g/mol. The molecule has 0 radical (unpaired) electrons. The highest BCUT2D eigenvalue weighted by atomic mass is 19.4. The minimum absolute atomic E-state index is 0.00366. The van der Waals surface area contributed by atoms with Crippen LogP contribution in [0.15, 0.2) is 12.3 Å². The predicted molar refractivity (Wildman–Crippen MR) is 54.0 cm³/mol. The number of pyridine rings is 1. The number of alkyl halides is 3. The van der Waals surface area contributed by atoms with Gasteiger partial charge in [0.15, 0.2) is 0 Å². The van der Waals surface area contributed by atoms with Crippen molar-refractivity contribution < 1.29 is 18.3 Å². The standard InChI is InChI=1S/C9H12F3N3O/c1-15(2-3-16)7-4-6(9(10,11)12)5-14-8(7)13/h4-5,16H,2-3H2,1H3,(H2,13,14). The topological polar surface area (TPSA) is 62.4 Å². The molecule has 0 unspecified atom stereocenters. The third-order valence-corrected chi connectivity index (χ3v) is 2.07. The summed E-state index contributed by atoms with van der Waals surface area (Å²) in [6.07, 6.45) is -3.76. The SMILES string of the molecule is CN(CCO)c1cc(C(F)(F)F)cnc1N. The first kappa shape index (κ1) is 12.6. The largest absolute Gasteiger partial charge is 0.417 e. The van der Waals surface area contributed by atoms with Gasteiger partial charge in [-0.05, 0) is 6.07 Å². The molecule has 7 heteroatoms. The Morgan fingerprint density at radius 2 is 2.12 bits per heavy atom. The van der Waals surface area contributed by atoms with Gasteiger partial charge in [0.25, 0.3) is 0 Å². The van der Waals surface area contributed by atoms with Crippen molar-refractivity contribution in [3.05, 3.63) is 17.8 Å². The van der Waals surface area contributed by atoms with Gasteiger partial charge in [0.1, 0.15) is 5.82 Å². The lowest BCUT2D eigenvalue weighted by atomic mass is 10.2. The zero-order chi connectivity index (χ0) is 12.3. The minimum Gasteiger partial charge on any atom is -0.395 e. The molecule has 0 fully saturated rings. The van der Waals surface area contributed by atoms with Crippen LogP contribution < -0.4 is 10.6 Å². The van der Waals surface area contributed by atoms with Crippen molar-refractivity contribution in [3.8, 4) is 0 Å². The number of halogens is 3. The quantitative estimate of drug-likeness (QED) is 0.823. The highest BCUT2D eigenvalue weighted by Crippen LogP contribution is 2.32. The van der Waals surface area contributed by atoms with Crippen LogP contribution >= 0.6 is 0 Å². The Balaban J connectivity index is 3.09. The average molecular weight is 235 g/mol. The first-order valence-electron chi connectivity index (χ1n) is 4.51. The molecule has 0 aliphatic rings. The summed E-state index contributed by atoms with van der Waals surface area (Å²) in [7, 11) is 1.53. The molecule has 90 valence electrons. The molecular formula is C9H12F3N3O. The minimum atomic E-state index is -4.45. The molecule has 16 heavy (non-hydrogen) atoms. The maximum Gasteiger partial charge on any atom is 0.417 e. The summed E-state index contributed by atoms with van der Waals surface area (Å²) in [5, 5.41) is 8.69. The zero-order valence-corrected chi connectivity index (χ0v) is 8.62. The third-order valence-electron chi connectivity index (χ3n) is 2.07. The lowest BCUT2D eigenvalue weighted by Crippen LogP contribution is -2.23. The first-order valence-corrected chi connectivity index (χ1v) is 4.51. The fourth-order valence-electron chi connectivity index (χ4n) is 1.19. The number of likely N-dealkylation sites (N-methyl/N-ethyl adjacent to an activating group) is 1. The normalized spacial score (nSPS) is 11.6. The Kier molecular flexibility index (Phi) is 3.58. The Hall–Kier alpha value is -1.50. The van der Waals surface area contributed by atoms with Gasteiger partial charge in [-0.25, -0.2) is 4.98 Å². The van der Waals surface area contributed by atoms with Crippen molar-refractivity contribution in [3.63, 3.8) is 0 Å². The summed E-state index contributed by atoms with van der Waals surface area (Å²) in [5.41, 5.74) is 4.76. The maximum atomic E-state index is 12.4. The molecule has 3 N–H and O–H groups in total. The number of hydrogen-bond donors (Lipinski definition) is 2.